The van der Waals surface area contributed by atoms with E-state index in [1.807, 2.05) is 0 Å². The molecule has 1 heteroatoms. The Morgan fingerprint density at radius 3 is 2.44 bits per heavy atom. The zero-order chi connectivity index (χ0) is 12.1. The van der Waals surface area contributed by atoms with Crippen molar-refractivity contribution in [2.75, 3.05) is 0 Å². The van der Waals surface area contributed by atoms with Crippen molar-refractivity contribution >= 4 is 10.8 Å². The third kappa shape index (κ3) is 1.44. The fourth-order valence-electron chi connectivity index (χ4n) is 4.15. The molecule has 0 heterocycles. The summed E-state index contributed by atoms with van der Waals surface area (Å²) in [6, 6.07) is 15.2. The second-order valence-electron chi connectivity index (χ2n) is 5.96. The van der Waals surface area contributed by atoms with Gasteiger partial charge in [0.25, 0.3) is 0 Å². The molecule has 92 valence electrons. The van der Waals surface area contributed by atoms with Crippen molar-refractivity contribution in [2.24, 2.45) is 11.8 Å². The maximum Gasteiger partial charge on any atom is 0.0639 e. The molecule has 4 atom stereocenters. The lowest BCUT2D eigenvalue weighted by Crippen LogP contribution is -2.25. The highest BCUT2D eigenvalue weighted by Gasteiger charge is 2.47. The molecule has 0 spiro atoms. The van der Waals surface area contributed by atoms with E-state index in [-0.39, 0.29) is 6.10 Å². The third-order valence-corrected chi connectivity index (χ3v) is 5.03. The van der Waals surface area contributed by atoms with Crippen molar-refractivity contribution in [1.82, 2.24) is 0 Å². The molecule has 2 aliphatic rings. The number of hydrogen-bond donors (Lipinski definition) is 1. The molecule has 1 N–H and O–H groups in total. The van der Waals surface area contributed by atoms with Crippen LogP contribution in [0.4, 0.5) is 0 Å². The Labute approximate surface area is 107 Å². The average Bonchev–Trinajstić information content (AvgIpc) is 2.99. The molecular weight excluding hydrogens is 220 g/mol. The van der Waals surface area contributed by atoms with Crippen LogP contribution in [0.5, 0.6) is 0 Å². The SMILES string of the molecule is OC1C2CCC(C2)C1c1ccc2ccccc2c1. The Morgan fingerprint density at radius 2 is 1.67 bits per heavy atom. The normalized spacial score (nSPS) is 34.3. The Hall–Kier alpha value is -1.34. The smallest absolute Gasteiger partial charge is 0.0639 e. The van der Waals surface area contributed by atoms with Crippen LogP contribution in [0.25, 0.3) is 10.8 Å². The molecule has 0 saturated heterocycles. The minimum absolute atomic E-state index is 0.107. The highest BCUT2D eigenvalue weighted by molar-refractivity contribution is 5.83. The predicted molar refractivity (Wildman–Crippen MR) is 73.5 cm³/mol. The molecule has 2 aliphatic carbocycles. The summed E-state index contributed by atoms with van der Waals surface area (Å²) in [5, 5.41) is 13.0. The van der Waals surface area contributed by atoms with Gasteiger partial charge in [0.15, 0.2) is 0 Å². The molecule has 2 aromatic carbocycles. The summed E-state index contributed by atoms with van der Waals surface area (Å²) < 4.78 is 0. The van der Waals surface area contributed by atoms with Crippen LogP contribution >= 0.6 is 0 Å². The zero-order valence-electron chi connectivity index (χ0n) is 10.4. The Bertz CT molecular complexity index is 587. The van der Waals surface area contributed by atoms with E-state index in [1.54, 1.807) is 0 Å². The van der Waals surface area contributed by atoms with Crippen molar-refractivity contribution < 1.29 is 5.11 Å². The van der Waals surface area contributed by atoms with Crippen molar-refractivity contribution in [3.63, 3.8) is 0 Å². The van der Waals surface area contributed by atoms with Gasteiger partial charge in [-0.2, -0.15) is 0 Å². The van der Waals surface area contributed by atoms with Crippen LogP contribution in [-0.2, 0) is 0 Å². The molecule has 2 fully saturated rings. The van der Waals surface area contributed by atoms with Crippen LogP contribution < -0.4 is 0 Å². The number of fused-ring (bicyclic) bond motifs is 3. The molecule has 2 bridgehead atoms. The highest BCUT2D eigenvalue weighted by Crippen LogP contribution is 2.53. The van der Waals surface area contributed by atoms with Gasteiger partial charge in [0.1, 0.15) is 0 Å². The van der Waals surface area contributed by atoms with E-state index in [4.69, 9.17) is 0 Å². The van der Waals surface area contributed by atoms with E-state index >= 15 is 0 Å². The van der Waals surface area contributed by atoms with Gasteiger partial charge in [0.05, 0.1) is 6.10 Å². The zero-order valence-corrected chi connectivity index (χ0v) is 10.4. The van der Waals surface area contributed by atoms with Crippen molar-refractivity contribution in [2.45, 2.75) is 31.3 Å². The molecule has 1 nitrogen and oxygen atoms in total. The van der Waals surface area contributed by atoms with Gasteiger partial charge in [-0.1, -0.05) is 42.5 Å². The molecule has 4 unspecified atom stereocenters. The van der Waals surface area contributed by atoms with Crippen molar-refractivity contribution in [3.8, 4) is 0 Å². The van der Waals surface area contributed by atoms with E-state index in [0.717, 1.165) is 0 Å². The van der Waals surface area contributed by atoms with Gasteiger partial charge in [0, 0.05) is 5.92 Å². The first kappa shape index (κ1) is 10.6. The molecule has 0 amide bonds. The largest absolute Gasteiger partial charge is 0.392 e. The van der Waals surface area contributed by atoms with Crippen LogP contribution in [0.2, 0.25) is 0 Å². The summed E-state index contributed by atoms with van der Waals surface area (Å²) in [6.07, 6.45) is 3.67. The van der Waals surface area contributed by atoms with Crippen molar-refractivity contribution in [1.29, 1.82) is 0 Å². The summed E-state index contributed by atoms with van der Waals surface area (Å²) in [4.78, 5) is 0. The van der Waals surface area contributed by atoms with Gasteiger partial charge in [-0.05, 0) is 47.4 Å². The van der Waals surface area contributed by atoms with Crippen LogP contribution in [0.1, 0.15) is 30.7 Å². The second kappa shape index (κ2) is 3.83. The lowest BCUT2D eigenvalue weighted by Gasteiger charge is -2.27. The van der Waals surface area contributed by atoms with Gasteiger partial charge in [-0.15, -0.1) is 0 Å². The number of benzene rings is 2. The van der Waals surface area contributed by atoms with Gasteiger partial charge in [0.2, 0.25) is 0 Å². The molecule has 2 saturated carbocycles. The number of aliphatic hydroxyl groups is 1. The maximum absolute atomic E-state index is 10.4. The van der Waals surface area contributed by atoms with Crippen LogP contribution in [-0.4, -0.2) is 11.2 Å². The molecule has 0 aliphatic heterocycles. The van der Waals surface area contributed by atoms with E-state index in [2.05, 4.69) is 42.5 Å². The van der Waals surface area contributed by atoms with Crippen LogP contribution in [0, 0.1) is 11.8 Å². The fraction of sp³-hybridized carbons (Fsp3) is 0.412. The average molecular weight is 238 g/mol. The van der Waals surface area contributed by atoms with Crippen LogP contribution in [0.3, 0.4) is 0 Å². The number of hydrogen-bond acceptors (Lipinski definition) is 1. The standard InChI is InChI=1S/C17H18O/c18-17-15-8-7-14(10-15)16(17)13-6-5-11-3-1-2-4-12(11)9-13/h1-6,9,14-18H,7-8,10H2. The van der Waals surface area contributed by atoms with Gasteiger partial charge in [-0.25, -0.2) is 0 Å². The van der Waals surface area contributed by atoms with E-state index < -0.39 is 0 Å². The summed E-state index contributed by atoms with van der Waals surface area (Å²) in [6.45, 7) is 0. The highest BCUT2D eigenvalue weighted by atomic mass is 16.3. The summed E-state index contributed by atoms with van der Waals surface area (Å²) in [5.41, 5.74) is 1.34. The molecule has 0 radical (unpaired) electrons. The lowest BCUT2D eigenvalue weighted by molar-refractivity contribution is 0.0923. The van der Waals surface area contributed by atoms with Crippen molar-refractivity contribution in [3.05, 3.63) is 48.0 Å². The topological polar surface area (TPSA) is 20.2 Å². The lowest BCUT2D eigenvalue weighted by atomic mass is 9.81. The summed E-state index contributed by atoms with van der Waals surface area (Å²) in [5.74, 6) is 1.66. The number of aliphatic hydroxyl groups excluding tert-OH is 1. The van der Waals surface area contributed by atoms with E-state index in [1.165, 1.54) is 35.6 Å². The Balaban J connectivity index is 1.78. The second-order valence-corrected chi connectivity index (χ2v) is 5.96. The summed E-state index contributed by atoms with van der Waals surface area (Å²) >= 11 is 0. The van der Waals surface area contributed by atoms with E-state index in [9.17, 15) is 5.11 Å². The van der Waals surface area contributed by atoms with Gasteiger partial charge in [-0.3, -0.25) is 0 Å². The Kier molecular flexibility index (Phi) is 2.25. The minimum atomic E-state index is -0.107. The Morgan fingerprint density at radius 1 is 0.889 bits per heavy atom. The fourth-order valence-corrected chi connectivity index (χ4v) is 4.15. The number of rotatable bonds is 1. The van der Waals surface area contributed by atoms with Crippen LogP contribution in [0.15, 0.2) is 42.5 Å². The quantitative estimate of drug-likeness (QED) is 0.803. The maximum atomic E-state index is 10.4. The first-order chi connectivity index (χ1) is 8.83. The molecule has 18 heavy (non-hydrogen) atoms. The van der Waals surface area contributed by atoms with E-state index in [0.29, 0.717) is 17.8 Å². The molecule has 0 aromatic heterocycles. The first-order valence-electron chi connectivity index (χ1n) is 7.00. The van der Waals surface area contributed by atoms with Gasteiger partial charge >= 0.3 is 0 Å². The van der Waals surface area contributed by atoms with Gasteiger partial charge < -0.3 is 5.11 Å². The molecular formula is C17H18O. The third-order valence-electron chi connectivity index (χ3n) is 5.03. The summed E-state index contributed by atoms with van der Waals surface area (Å²) in [7, 11) is 0. The monoisotopic (exact) mass is 238 g/mol. The first-order valence-corrected chi connectivity index (χ1v) is 7.00. The molecule has 4 rings (SSSR count). The minimum Gasteiger partial charge on any atom is -0.392 e. The predicted octanol–water partition coefficient (Wildman–Crippen LogP) is 3.71. The molecule has 2 aromatic rings.